The van der Waals surface area contributed by atoms with Crippen LogP contribution in [-0.2, 0) is 4.79 Å². The Labute approximate surface area is 131 Å². The molecule has 2 aromatic rings. The lowest BCUT2D eigenvalue weighted by Gasteiger charge is -2.16. The number of fused-ring (bicyclic) bond motifs is 2. The molecule has 7 nitrogen and oxygen atoms in total. The van der Waals surface area contributed by atoms with Crippen LogP contribution in [0.15, 0.2) is 30.3 Å². The van der Waals surface area contributed by atoms with E-state index in [1.807, 2.05) is 6.07 Å². The number of carbonyl (C=O) groups is 2. The summed E-state index contributed by atoms with van der Waals surface area (Å²) in [4.78, 5) is 31.6. The summed E-state index contributed by atoms with van der Waals surface area (Å²) >= 11 is 0. The van der Waals surface area contributed by atoms with Gasteiger partial charge in [0.05, 0.1) is 17.3 Å². The molecule has 2 saturated heterocycles. The van der Waals surface area contributed by atoms with E-state index in [4.69, 9.17) is 5.26 Å². The van der Waals surface area contributed by atoms with Crippen LogP contribution in [0.1, 0.15) is 12.1 Å². The fraction of sp³-hybridized carbons (Fsp3) is 0.250. The van der Waals surface area contributed by atoms with Crippen molar-refractivity contribution in [1.82, 2.24) is 9.88 Å². The van der Waals surface area contributed by atoms with Crippen molar-refractivity contribution in [2.75, 3.05) is 11.4 Å². The van der Waals surface area contributed by atoms with Gasteiger partial charge in [-0.05, 0) is 36.8 Å². The average Bonchev–Trinajstić information content (AvgIpc) is 3.06. The van der Waals surface area contributed by atoms with Gasteiger partial charge in [0.1, 0.15) is 17.8 Å². The lowest BCUT2D eigenvalue weighted by molar-refractivity contribution is -0.121. The molecule has 0 spiro atoms. The molecular weight excluding hydrogens is 296 g/mol. The Bertz CT molecular complexity index is 889. The highest BCUT2D eigenvalue weighted by Crippen LogP contribution is 2.32. The first kappa shape index (κ1) is 13.7. The molecule has 0 unspecified atom stereocenters. The number of rotatable bonds is 1. The molecule has 1 aromatic carbocycles. The Balaban J connectivity index is 1.76. The number of carbonyl (C=O) groups excluding carboxylic acids is 2. The second kappa shape index (κ2) is 4.76. The van der Waals surface area contributed by atoms with Crippen LogP contribution < -0.4 is 4.90 Å². The van der Waals surface area contributed by atoms with Crippen LogP contribution in [0, 0.1) is 11.3 Å². The number of aromatic nitrogens is 1. The zero-order valence-corrected chi connectivity index (χ0v) is 12.0. The standard InChI is InChI=1S/C16H12N4O3/c17-8-10-2-1-9-7-11(3-4-12(9)18-10)20-15(22)14-13(21)5-6-19(14)16(20)23/h1-4,7,13-14,21H,5-6H2/t13-,14+/m1/s1. The smallest absolute Gasteiger partial charge is 0.332 e. The van der Waals surface area contributed by atoms with Crippen molar-refractivity contribution in [3.63, 3.8) is 0 Å². The Morgan fingerprint density at radius 2 is 2.09 bits per heavy atom. The third-order valence-corrected chi connectivity index (χ3v) is 4.32. The monoisotopic (exact) mass is 308 g/mol. The fourth-order valence-corrected chi connectivity index (χ4v) is 3.20. The molecule has 7 heteroatoms. The summed E-state index contributed by atoms with van der Waals surface area (Å²) in [5, 5.41) is 19.5. The zero-order chi connectivity index (χ0) is 16.1. The Kier molecular flexibility index (Phi) is 2.83. The number of aliphatic hydroxyl groups excluding tert-OH is 1. The Hall–Kier alpha value is -2.98. The predicted octanol–water partition coefficient (Wildman–Crippen LogP) is 1.01. The number of amides is 3. The maximum absolute atomic E-state index is 12.5. The fourth-order valence-electron chi connectivity index (χ4n) is 3.20. The van der Waals surface area contributed by atoms with Gasteiger partial charge in [-0.1, -0.05) is 0 Å². The van der Waals surface area contributed by atoms with Gasteiger partial charge in [-0.15, -0.1) is 0 Å². The van der Waals surface area contributed by atoms with Gasteiger partial charge < -0.3 is 10.0 Å². The summed E-state index contributed by atoms with van der Waals surface area (Å²) in [7, 11) is 0. The number of urea groups is 1. The summed E-state index contributed by atoms with van der Waals surface area (Å²) in [6.07, 6.45) is -0.383. The molecule has 0 aliphatic carbocycles. The highest BCUT2D eigenvalue weighted by molar-refractivity contribution is 6.22. The number of nitriles is 1. The summed E-state index contributed by atoms with van der Waals surface area (Å²) in [5.41, 5.74) is 1.37. The van der Waals surface area contributed by atoms with E-state index < -0.39 is 24.1 Å². The van der Waals surface area contributed by atoms with Gasteiger partial charge in [-0.3, -0.25) is 4.79 Å². The van der Waals surface area contributed by atoms with Gasteiger partial charge in [-0.25, -0.2) is 14.7 Å². The molecular formula is C16H12N4O3. The van der Waals surface area contributed by atoms with E-state index in [1.54, 1.807) is 30.3 Å². The third-order valence-electron chi connectivity index (χ3n) is 4.32. The van der Waals surface area contributed by atoms with E-state index in [0.717, 1.165) is 10.3 Å². The molecule has 1 aromatic heterocycles. The van der Waals surface area contributed by atoms with E-state index in [9.17, 15) is 14.7 Å². The number of hydrogen-bond donors (Lipinski definition) is 1. The van der Waals surface area contributed by atoms with E-state index in [2.05, 4.69) is 4.98 Å². The first-order chi connectivity index (χ1) is 11.1. The van der Waals surface area contributed by atoms with Gasteiger partial charge >= 0.3 is 6.03 Å². The molecule has 0 saturated carbocycles. The van der Waals surface area contributed by atoms with E-state index in [-0.39, 0.29) is 0 Å². The Morgan fingerprint density at radius 1 is 1.26 bits per heavy atom. The van der Waals surface area contributed by atoms with Crippen LogP contribution in [-0.4, -0.2) is 45.6 Å². The SMILES string of the molecule is N#Cc1ccc2cc(N3C(=O)[C@@H]4[C@H](O)CCN4C3=O)ccc2n1. The molecule has 3 heterocycles. The summed E-state index contributed by atoms with van der Waals surface area (Å²) in [6.45, 7) is 0.383. The largest absolute Gasteiger partial charge is 0.390 e. The van der Waals surface area contributed by atoms with Gasteiger partial charge in [-0.2, -0.15) is 5.26 Å². The number of benzene rings is 1. The van der Waals surface area contributed by atoms with Crippen molar-refractivity contribution >= 4 is 28.5 Å². The minimum atomic E-state index is -0.809. The van der Waals surface area contributed by atoms with Crippen LogP contribution in [0.25, 0.3) is 10.9 Å². The number of aliphatic hydroxyl groups is 1. The summed E-state index contributed by atoms with van der Waals surface area (Å²) < 4.78 is 0. The number of pyridine rings is 1. The van der Waals surface area contributed by atoms with Gasteiger partial charge in [0, 0.05) is 11.9 Å². The first-order valence-corrected chi connectivity index (χ1v) is 7.24. The highest BCUT2D eigenvalue weighted by Gasteiger charge is 2.52. The minimum Gasteiger partial charge on any atom is -0.390 e. The van der Waals surface area contributed by atoms with Crippen molar-refractivity contribution in [1.29, 1.82) is 5.26 Å². The van der Waals surface area contributed by atoms with Crippen molar-refractivity contribution in [3.05, 3.63) is 36.0 Å². The molecule has 4 rings (SSSR count). The summed E-state index contributed by atoms with van der Waals surface area (Å²) in [5.74, 6) is -0.402. The second-order valence-electron chi connectivity index (χ2n) is 5.64. The summed E-state index contributed by atoms with van der Waals surface area (Å²) in [6, 6.07) is 9.08. The lowest BCUT2D eigenvalue weighted by Crippen LogP contribution is -2.36. The molecule has 3 amide bonds. The van der Waals surface area contributed by atoms with Crippen LogP contribution >= 0.6 is 0 Å². The van der Waals surface area contributed by atoms with Crippen molar-refractivity contribution in [2.45, 2.75) is 18.6 Å². The van der Waals surface area contributed by atoms with Crippen LogP contribution in [0.5, 0.6) is 0 Å². The maximum atomic E-state index is 12.5. The predicted molar refractivity (Wildman–Crippen MR) is 80.5 cm³/mol. The quantitative estimate of drug-likeness (QED) is 0.793. The number of nitrogens with zero attached hydrogens (tertiary/aromatic N) is 4. The van der Waals surface area contributed by atoms with Crippen molar-refractivity contribution in [2.24, 2.45) is 0 Å². The number of hydrogen-bond acceptors (Lipinski definition) is 5. The number of anilines is 1. The normalized spacial score (nSPS) is 23.5. The maximum Gasteiger partial charge on any atom is 0.332 e. The Morgan fingerprint density at radius 3 is 2.83 bits per heavy atom. The van der Waals surface area contributed by atoms with E-state index >= 15 is 0 Å². The topological polar surface area (TPSA) is 97.5 Å². The molecule has 0 radical (unpaired) electrons. The number of imide groups is 1. The molecule has 2 aliphatic rings. The van der Waals surface area contributed by atoms with Crippen LogP contribution in [0.3, 0.4) is 0 Å². The molecule has 2 fully saturated rings. The molecule has 0 bridgehead atoms. The van der Waals surface area contributed by atoms with Crippen molar-refractivity contribution < 1.29 is 14.7 Å². The van der Waals surface area contributed by atoms with Crippen LogP contribution in [0.2, 0.25) is 0 Å². The van der Waals surface area contributed by atoms with E-state index in [0.29, 0.717) is 29.9 Å². The van der Waals surface area contributed by atoms with Gasteiger partial charge in [0.25, 0.3) is 5.91 Å². The average molecular weight is 308 g/mol. The van der Waals surface area contributed by atoms with Gasteiger partial charge in [0.2, 0.25) is 0 Å². The zero-order valence-electron chi connectivity index (χ0n) is 12.0. The lowest BCUT2D eigenvalue weighted by atomic mass is 10.1. The molecule has 2 aliphatic heterocycles. The van der Waals surface area contributed by atoms with Gasteiger partial charge in [0.15, 0.2) is 0 Å². The minimum absolute atomic E-state index is 0.308. The van der Waals surface area contributed by atoms with Crippen molar-refractivity contribution in [3.8, 4) is 6.07 Å². The third kappa shape index (κ3) is 1.89. The molecule has 23 heavy (non-hydrogen) atoms. The molecule has 2 atom stereocenters. The van der Waals surface area contributed by atoms with E-state index in [1.165, 1.54) is 4.90 Å². The molecule has 114 valence electrons. The second-order valence-corrected chi connectivity index (χ2v) is 5.64. The highest BCUT2D eigenvalue weighted by atomic mass is 16.3. The molecule has 1 N–H and O–H groups in total. The first-order valence-electron chi connectivity index (χ1n) is 7.24. The van der Waals surface area contributed by atoms with Crippen LogP contribution in [0.4, 0.5) is 10.5 Å².